The molecule has 2 heterocycles. The summed E-state index contributed by atoms with van der Waals surface area (Å²) in [6.07, 6.45) is 1.88. The minimum absolute atomic E-state index is 0.707. The number of hydrogen-bond acceptors (Lipinski definition) is 3. The summed E-state index contributed by atoms with van der Waals surface area (Å²) in [5.74, 6) is 0. The Balaban J connectivity index is 1.16. The topological polar surface area (TPSA) is 39.9 Å². The van der Waals surface area contributed by atoms with E-state index in [0.29, 0.717) is 5.56 Å². The number of aromatic nitrogens is 1. The lowest BCUT2D eigenvalue weighted by molar-refractivity contribution is 0.982. The van der Waals surface area contributed by atoms with E-state index < -0.39 is 0 Å². The number of fused-ring (bicyclic) bond motifs is 3. The average Bonchev–Trinajstić information content (AvgIpc) is 3.32. The molecule has 60 heavy (non-hydrogen) atoms. The highest BCUT2D eigenvalue weighted by Crippen LogP contribution is 2.49. The van der Waals surface area contributed by atoms with Crippen molar-refractivity contribution in [2.24, 2.45) is 0 Å². The third-order valence-electron chi connectivity index (χ3n) is 12.5. The highest BCUT2D eigenvalue weighted by molar-refractivity contribution is 6.24. The Hall–Kier alpha value is -8.06. The van der Waals surface area contributed by atoms with Crippen molar-refractivity contribution in [3.8, 4) is 50.6 Å². The molecule has 0 aliphatic carbocycles. The monoisotopic (exact) mass is 761 g/mol. The van der Waals surface area contributed by atoms with Crippen LogP contribution < -0.4 is 4.90 Å². The Kier molecular flexibility index (Phi) is 7.67. The molecule has 0 unspecified atom stereocenters. The minimum atomic E-state index is 0.707. The van der Waals surface area contributed by atoms with Crippen molar-refractivity contribution in [1.82, 2.24) is 4.98 Å². The van der Waals surface area contributed by atoms with Gasteiger partial charge in [0.2, 0.25) is 0 Å². The SMILES string of the molecule is N#Cc1ccc2c3c1ccc1c(-c4ccc5c(-c6ccccc6)c6cc(-c7cccc8cccnc78)ccc6c(-c6ccccc6)c5c4)ccc(c13)N(c1ccccc1)C2. The van der Waals surface area contributed by atoms with Crippen molar-refractivity contribution in [3.05, 3.63) is 211 Å². The number of nitriles is 1. The zero-order valence-corrected chi connectivity index (χ0v) is 32.6. The standard InChI is InChI=1S/C57H35N3/c58-34-41-21-22-42-35-60(43-18-8-3-9-19-43)52-30-29-44(47-28-27-45(41)55(42)56(47)52)39-23-25-48-50(32-39)53(36-12-4-1-5-13-36)49-26-24-40(33-51(49)54(48)37-14-6-2-7-15-37)46-20-10-16-38-17-11-31-59-57(38)46/h1-33H,35H2. The van der Waals surface area contributed by atoms with Crippen LogP contribution in [0.3, 0.4) is 0 Å². The average molecular weight is 762 g/mol. The third kappa shape index (κ3) is 5.18. The Morgan fingerprint density at radius 1 is 0.450 bits per heavy atom. The van der Waals surface area contributed by atoms with Crippen LogP contribution in [0.4, 0.5) is 11.4 Å². The van der Waals surface area contributed by atoms with Crippen molar-refractivity contribution in [1.29, 1.82) is 5.26 Å². The van der Waals surface area contributed by atoms with Gasteiger partial charge in [0.1, 0.15) is 0 Å². The molecule has 0 bridgehead atoms. The Bertz CT molecular complexity index is 3560. The van der Waals surface area contributed by atoms with E-state index in [4.69, 9.17) is 4.98 Å². The maximum atomic E-state index is 10.2. The first-order chi connectivity index (χ1) is 29.7. The summed E-state index contributed by atoms with van der Waals surface area (Å²) in [5, 5.41) is 20.7. The number of rotatable bonds is 5. The smallest absolute Gasteiger partial charge is 0.0998 e. The summed E-state index contributed by atoms with van der Waals surface area (Å²) in [4.78, 5) is 7.25. The lowest BCUT2D eigenvalue weighted by Gasteiger charge is -2.32. The number of pyridine rings is 1. The van der Waals surface area contributed by atoms with E-state index in [1.54, 1.807) is 0 Å². The van der Waals surface area contributed by atoms with Crippen LogP contribution in [0.15, 0.2) is 200 Å². The summed E-state index contributed by atoms with van der Waals surface area (Å²) in [6, 6.07) is 72.5. The van der Waals surface area contributed by atoms with Crippen LogP contribution in [0.5, 0.6) is 0 Å². The molecule has 0 radical (unpaired) electrons. The van der Waals surface area contributed by atoms with Crippen LogP contribution in [-0.4, -0.2) is 4.98 Å². The highest BCUT2D eigenvalue weighted by atomic mass is 15.1. The maximum absolute atomic E-state index is 10.2. The number of nitrogens with zero attached hydrogens (tertiary/aromatic N) is 3. The third-order valence-corrected chi connectivity index (χ3v) is 12.5. The van der Waals surface area contributed by atoms with Gasteiger partial charge in [-0.05, 0) is 119 Å². The zero-order chi connectivity index (χ0) is 39.7. The second-order valence-electron chi connectivity index (χ2n) is 15.7. The molecule has 3 heteroatoms. The molecule has 278 valence electrons. The van der Waals surface area contributed by atoms with Crippen LogP contribution in [-0.2, 0) is 6.54 Å². The van der Waals surface area contributed by atoms with Gasteiger partial charge in [-0.1, -0.05) is 152 Å². The molecule has 0 saturated carbocycles. The minimum Gasteiger partial charge on any atom is -0.336 e. The van der Waals surface area contributed by atoms with Crippen LogP contribution in [0.1, 0.15) is 11.1 Å². The van der Waals surface area contributed by atoms with Gasteiger partial charge < -0.3 is 4.90 Å². The number of hydrogen-bond donors (Lipinski definition) is 0. The van der Waals surface area contributed by atoms with Crippen molar-refractivity contribution >= 4 is 65.4 Å². The Morgan fingerprint density at radius 2 is 1.07 bits per heavy atom. The van der Waals surface area contributed by atoms with E-state index in [1.807, 2.05) is 18.3 Å². The molecule has 3 nitrogen and oxygen atoms in total. The normalized spacial score (nSPS) is 12.2. The first kappa shape index (κ1) is 34.0. The molecule has 0 atom stereocenters. The van der Waals surface area contributed by atoms with E-state index in [1.165, 1.54) is 71.1 Å². The number of anilines is 2. The molecule has 0 saturated heterocycles. The van der Waals surface area contributed by atoms with E-state index in [0.717, 1.165) is 50.9 Å². The molecule has 12 rings (SSSR count). The second kappa shape index (κ2) is 13.5. The summed E-state index contributed by atoms with van der Waals surface area (Å²) in [5.41, 5.74) is 14.6. The lowest BCUT2D eigenvalue weighted by atomic mass is 9.83. The fourth-order valence-corrected chi connectivity index (χ4v) is 9.88. The van der Waals surface area contributed by atoms with Gasteiger partial charge in [0.15, 0.2) is 0 Å². The van der Waals surface area contributed by atoms with Crippen LogP contribution in [0.25, 0.3) is 98.5 Å². The molecule has 1 aliphatic heterocycles. The van der Waals surface area contributed by atoms with Gasteiger partial charge in [0.05, 0.1) is 17.1 Å². The van der Waals surface area contributed by atoms with Gasteiger partial charge in [-0.25, -0.2) is 0 Å². The summed E-state index contributed by atoms with van der Waals surface area (Å²) >= 11 is 0. The van der Waals surface area contributed by atoms with Gasteiger partial charge in [-0.3, -0.25) is 4.98 Å². The Labute approximate surface area is 347 Å². The summed E-state index contributed by atoms with van der Waals surface area (Å²) < 4.78 is 0. The predicted molar refractivity (Wildman–Crippen MR) is 251 cm³/mol. The van der Waals surface area contributed by atoms with Crippen molar-refractivity contribution in [3.63, 3.8) is 0 Å². The van der Waals surface area contributed by atoms with E-state index >= 15 is 0 Å². The summed E-state index contributed by atoms with van der Waals surface area (Å²) in [6.45, 7) is 0.738. The molecule has 0 amide bonds. The molecule has 1 aromatic heterocycles. The van der Waals surface area contributed by atoms with E-state index in [-0.39, 0.29) is 0 Å². The fraction of sp³-hybridized carbons (Fsp3) is 0.0175. The first-order valence-corrected chi connectivity index (χ1v) is 20.5. The van der Waals surface area contributed by atoms with Crippen LogP contribution in [0, 0.1) is 11.3 Å². The fourth-order valence-electron chi connectivity index (χ4n) is 9.88. The molecule has 10 aromatic carbocycles. The van der Waals surface area contributed by atoms with Crippen molar-refractivity contribution < 1.29 is 0 Å². The molecular formula is C57H35N3. The van der Waals surface area contributed by atoms with Crippen molar-refractivity contribution in [2.75, 3.05) is 4.90 Å². The second-order valence-corrected chi connectivity index (χ2v) is 15.7. The van der Waals surface area contributed by atoms with Crippen LogP contribution in [0.2, 0.25) is 0 Å². The molecule has 11 aromatic rings. The number of para-hydroxylation sites is 2. The van der Waals surface area contributed by atoms with E-state index in [2.05, 4.69) is 193 Å². The largest absolute Gasteiger partial charge is 0.336 e. The van der Waals surface area contributed by atoms with Crippen molar-refractivity contribution in [2.45, 2.75) is 6.54 Å². The molecular weight excluding hydrogens is 727 g/mol. The van der Waals surface area contributed by atoms with Gasteiger partial charge >= 0.3 is 0 Å². The predicted octanol–water partition coefficient (Wildman–Crippen LogP) is 15.0. The van der Waals surface area contributed by atoms with Gasteiger partial charge in [-0.2, -0.15) is 5.26 Å². The first-order valence-electron chi connectivity index (χ1n) is 20.5. The van der Waals surface area contributed by atoms with Gasteiger partial charge in [0.25, 0.3) is 0 Å². The maximum Gasteiger partial charge on any atom is 0.0998 e. The molecule has 0 fully saturated rings. The lowest BCUT2D eigenvalue weighted by Crippen LogP contribution is -2.20. The quantitative estimate of drug-likeness (QED) is 0.130. The molecule has 0 spiro atoms. The molecule has 1 aliphatic rings. The van der Waals surface area contributed by atoms with Gasteiger partial charge in [0, 0.05) is 45.8 Å². The summed E-state index contributed by atoms with van der Waals surface area (Å²) in [7, 11) is 0. The zero-order valence-electron chi connectivity index (χ0n) is 32.6. The van der Waals surface area contributed by atoms with E-state index in [9.17, 15) is 5.26 Å². The molecule has 0 N–H and O–H groups in total. The van der Waals surface area contributed by atoms with Gasteiger partial charge in [-0.15, -0.1) is 0 Å². The Morgan fingerprint density at radius 3 is 1.75 bits per heavy atom. The van der Waals surface area contributed by atoms with Crippen LogP contribution >= 0.6 is 0 Å². The highest BCUT2D eigenvalue weighted by Gasteiger charge is 2.26. The number of benzene rings is 10.